The molecule has 0 aliphatic carbocycles. The van der Waals surface area contributed by atoms with Crippen molar-refractivity contribution in [1.82, 2.24) is 0 Å². The normalized spacial score (nSPS) is 22.8. The number of benzene rings is 1. The fourth-order valence-electron chi connectivity index (χ4n) is 1.69. The maximum Gasteiger partial charge on any atom is 0.341 e. The van der Waals surface area contributed by atoms with Gasteiger partial charge in [-0.1, -0.05) is 48.6 Å². The molecular formula is C15H16O3. The summed E-state index contributed by atoms with van der Waals surface area (Å²) in [4.78, 5) is 11.4. The van der Waals surface area contributed by atoms with E-state index in [-0.39, 0.29) is 5.97 Å². The van der Waals surface area contributed by atoms with E-state index in [2.05, 4.69) is 0 Å². The van der Waals surface area contributed by atoms with Crippen LogP contribution in [0.1, 0.15) is 19.4 Å². The van der Waals surface area contributed by atoms with Crippen LogP contribution in [0.25, 0.3) is 6.08 Å². The molecule has 0 spiro atoms. The number of hydrogen-bond donors (Lipinski definition) is 0. The number of allylic oxidation sites excluding steroid dienone is 2. The van der Waals surface area contributed by atoms with Gasteiger partial charge in [0.2, 0.25) is 5.79 Å². The highest BCUT2D eigenvalue weighted by molar-refractivity contribution is 5.78. The molecule has 94 valence electrons. The lowest BCUT2D eigenvalue weighted by Gasteiger charge is -2.14. The number of rotatable bonds is 3. The van der Waals surface area contributed by atoms with Crippen LogP contribution < -0.4 is 0 Å². The molecule has 0 unspecified atom stereocenters. The number of cyclic esters (lactones) is 1. The lowest BCUT2D eigenvalue weighted by Crippen LogP contribution is -2.20. The molecule has 1 aliphatic rings. The Morgan fingerprint density at radius 1 is 1.17 bits per heavy atom. The number of carbonyl (C=O) groups is 1. The SMILES string of the molecule is CC1(C)OC(=O)[C@H](/C=C/C=C/c2ccccc2)O1. The summed E-state index contributed by atoms with van der Waals surface area (Å²) < 4.78 is 10.5. The summed E-state index contributed by atoms with van der Waals surface area (Å²) in [6.45, 7) is 3.44. The summed E-state index contributed by atoms with van der Waals surface area (Å²) in [5, 5.41) is 0. The number of hydrogen-bond acceptors (Lipinski definition) is 3. The molecule has 0 amide bonds. The lowest BCUT2D eigenvalue weighted by atomic mass is 10.2. The van der Waals surface area contributed by atoms with Gasteiger partial charge >= 0.3 is 5.97 Å². The molecule has 1 aromatic carbocycles. The Bertz CT molecular complexity index is 472. The van der Waals surface area contributed by atoms with Gasteiger partial charge in [-0.25, -0.2) is 4.79 Å². The fourth-order valence-corrected chi connectivity index (χ4v) is 1.69. The van der Waals surface area contributed by atoms with E-state index < -0.39 is 11.9 Å². The molecule has 0 saturated carbocycles. The van der Waals surface area contributed by atoms with Gasteiger partial charge in [-0.3, -0.25) is 0 Å². The third-order valence-electron chi connectivity index (χ3n) is 2.47. The van der Waals surface area contributed by atoms with Crippen LogP contribution in [0.15, 0.2) is 48.6 Å². The highest BCUT2D eigenvalue weighted by Crippen LogP contribution is 2.24. The second kappa shape index (κ2) is 5.19. The van der Waals surface area contributed by atoms with Crippen molar-refractivity contribution in [1.29, 1.82) is 0 Å². The Kier molecular flexibility index (Phi) is 3.63. The van der Waals surface area contributed by atoms with Gasteiger partial charge < -0.3 is 9.47 Å². The van der Waals surface area contributed by atoms with Crippen molar-refractivity contribution in [2.24, 2.45) is 0 Å². The van der Waals surface area contributed by atoms with Crippen molar-refractivity contribution < 1.29 is 14.3 Å². The van der Waals surface area contributed by atoms with Gasteiger partial charge in [-0.15, -0.1) is 0 Å². The zero-order valence-electron chi connectivity index (χ0n) is 10.5. The molecule has 0 N–H and O–H groups in total. The van der Waals surface area contributed by atoms with Crippen LogP contribution in [0.2, 0.25) is 0 Å². The van der Waals surface area contributed by atoms with Crippen LogP contribution in [-0.2, 0) is 14.3 Å². The summed E-state index contributed by atoms with van der Waals surface area (Å²) in [6.07, 6.45) is 6.70. The van der Waals surface area contributed by atoms with Gasteiger partial charge in [-0.05, 0) is 11.6 Å². The van der Waals surface area contributed by atoms with Crippen LogP contribution in [0, 0.1) is 0 Å². The molecule has 0 bridgehead atoms. The second-order valence-corrected chi connectivity index (χ2v) is 4.51. The summed E-state index contributed by atoms with van der Waals surface area (Å²) >= 11 is 0. The van der Waals surface area contributed by atoms with Crippen LogP contribution in [0.4, 0.5) is 0 Å². The number of ether oxygens (including phenoxy) is 2. The first kappa shape index (κ1) is 12.6. The van der Waals surface area contributed by atoms with Gasteiger partial charge in [0.15, 0.2) is 6.10 Å². The van der Waals surface area contributed by atoms with Crippen molar-refractivity contribution in [3.8, 4) is 0 Å². The molecule has 0 radical (unpaired) electrons. The largest absolute Gasteiger partial charge is 0.431 e. The summed E-state index contributed by atoms with van der Waals surface area (Å²) in [6, 6.07) is 9.94. The Hall–Kier alpha value is -1.87. The third-order valence-corrected chi connectivity index (χ3v) is 2.47. The van der Waals surface area contributed by atoms with Crippen molar-refractivity contribution in [2.45, 2.75) is 25.7 Å². The Morgan fingerprint density at radius 2 is 1.89 bits per heavy atom. The van der Waals surface area contributed by atoms with E-state index in [0.29, 0.717) is 0 Å². The third kappa shape index (κ3) is 3.31. The Morgan fingerprint density at radius 3 is 2.50 bits per heavy atom. The highest BCUT2D eigenvalue weighted by atomic mass is 16.8. The van der Waals surface area contributed by atoms with E-state index in [9.17, 15) is 4.79 Å². The Labute approximate surface area is 107 Å². The van der Waals surface area contributed by atoms with E-state index in [1.54, 1.807) is 26.0 Å². The molecule has 2 rings (SSSR count). The average Bonchev–Trinajstić information content (AvgIpc) is 2.59. The minimum atomic E-state index is -0.824. The minimum Gasteiger partial charge on any atom is -0.431 e. The lowest BCUT2D eigenvalue weighted by molar-refractivity contribution is -0.160. The monoisotopic (exact) mass is 244 g/mol. The number of carbonyl (C=O) groups excluding carboxylic acids is 1. The van der Waals surface area contributed by atoms with Gasteiger partial charge in [0.05, 0.1) is 0 Å². The molecule has 18 heavy (non-hydrogen) atoms. The van der Waals surface area contributed by atoms with Gasteiger partial charge in [-0.2, -0.15) is 0 Å². The molecular weight excluding hydrogens is 228 g/mol. The first-order chi connectivity index (χ1) is 8.57. The summed E-state index contributed by atoms with van der Waals surface area (Å²) in [5.74, 6) is -1.17. The highest BCUT2D eigenvalue weighted by Gasteiger charge is 2.39. The molecule has 1 aliphatic heterocycles. The zero-order chi connectivity index (χ0) is 13.0. The number of esters is 1. The van der Waals surface area contributed by atoms with Gasteiger partial charge in [0, 0.05) is 13.8 Å². The van der Waals surface area contributed by atoms with Gasteiger partial charge in [0.1, 0.15) is 0 Å². The molecule has 0 aromatic heterocycles. The van der Waals surface area contributed by atoms with E-state index in [1.807, 2.05) is 42.5 Å². The topological polar surface area (TPSA) is 35.5 Å². The van der Waals surface area contributed by atoms with Gasteiger partial charge in [0.25, 0.3) is 0 Å². The smallest absolute Gasteiger partial charge is 0.341 e. The molecule has 1 aromatic rings. The van der Waals surface area contributed by atoms with Crippen molar-refractivity contribution >= 4 is 12.0 Å². The van der Waals surface area contributed by atoms with Crippen LogP contribution >= 0.6 is 0 Å². The molecule has 1 saturated heterocycles. The predicted molar refractivity (Wildman–Crippen MR) is 69.7 cm³/mol. The molecule has 3 nitrogen and oxygen atoms in total. The Balaban J connectivity index is 1.93. The average molecular weight is 244 g/mol. The summed E-state index contributed by atoms with van der Waals surface area (Å²) in [5.41, 5.74) is 1.11. The standard InChI is InChI=1S/C15H16O3/c1-15(2)17-13(14(16)18-15)11-7-6-10-12-8-4-3-5-9-12/h3-11,13H,1-2H3/b10-6+,11-7+/t13-/m0/s1. The maximum atomic E-state index is 11.4. The predicted octanol–water partition coefficient (Wildman–Crippen LogP) is 2.93. The first-order valence-corrected chi connectivity index (χ1v) is 5.87. The van der Waals surface area contributed by atoms with Crippen LogP contribution in [-0.4, -0.2) is 17.9 Å². The summed E-state index contributed by atoms with van der Waals surface area (Å²) in [7, 11) is 0. The second-order valence-electron chi connectivity index (χ2n) is 4.51. The van der Waals surface area contributed by atoms with Crippen molar-refractivity contribution in [3.05, 3.63) is 54.1 Å². The first-order valence-electron chi connectivity index (χ1n) is 5.87. The quantitative estimate of drug-likeness (QED) is 0.605. The fraction of sp³-hybridized carbons (Fsp3) is 0.267. The maximum absolute atomic E-state index is 11.4. The zero-order valence-corrected chi connectivity index (χ0v) is 10.5. The van der Waals surface area contributed by atoms with Crippen LogP contribution in [0.3, 0.4) is 0 Å². The minimum absolute atomic E-state index is 0.343. The molecule has 1 fully saturated rings. The van der Waals surface area contributed by atoms with E-state index in [1.165, 1.54) is 0 Å². The van der Waals surface area contributed by atoms with E-state index in [4.69, 9.17) is 9.47 Å². The van der Waals surface area contributed by atoms with Crippen LogP contribution in [0.5, 0.6) is 0 Å². The van der Waals surface area contributed by atoms with Crippen molar-refractivity contribution in [3.63, 3.8) is 0 Å². The molecule has 1 heterocycles. The molecule has 3 heteroatoms. The van der Waals surface area contributed by atoms with E-state index in [0.717, 1.165) is 5.56 Å². The van der Waals surface area contributed by atoms with E-state index >= 15 is 0 Å². The van der Waals surface area contributed by atoms with Crippen molar-refractivity contribution in [2.75, 3.05) is 0 Å². The molecule has 1 atom stereocenters.